The Hall–Kier alpha value is -2.09. The fraction of sp³-hybridized carbons (Fsp3) is 0.0714. The summed E-state index contributed by atoms with van der Waals surface area (Å²) in [6.45, 7) is 0. The Labute approximate surface area is 95.2 Å². The molecule has 2 heteroatoms. The molecule has 2 aromatic carbocycles. The number of benzene rings is 2. The van der Waals surface area contributed by atoms with Gasteiger partial charge in [-0.25, -0.2) is 0 Å². The molecule has 0 atom stereocenters. The topological polar surface area (TPSA) is 21.6 Å². The maximum Gasteiger partial charge on any atom is 0.118 e. The number of hydrogen-bond donors (Lipinski definition) is 0. The van der Waals surface area contributed by atoms with Gasteiger partial charge in [0.2, 0.25) is 0 Å². The van der Waals surface area contributed by atoms with Gasteiger partial charge in [0.15, 0.2) is 0 Å². The first-order valence-electron chi connectivity index (χ1n) is 5.11. The monoisotopic (exact) mass is 211 g/mol. The van der Waals surface area contributed by atoms with E-state index in [1.165, 1.54) is 0 Å². The minimum atomic E-state index is 0.858. The van der Waals surface area contributed by atoms with Crippen molar-refractivity contribution in [1.82, 2.24) is 0 Å². The third-order valence-corrected chi connectivity index (χ3v) is 2.23. The van der Waals surface area contributed by atoms with Crippen LogP contribution >= 0.6 is 0 Å². The average molecular weight is 211 g/mol. The van der Waals surface area contributed by atoms with E-state index in [1.54, 1.807) is 7.11 Å². The second kappa shape index (κ2) is 5.12. The van der Waals surface area contributed by atoms with E-state index >= 15 is 0 Å². The summed E-state index contributed by atoms with van der Waals surface area (Å²) in [4.78, 5) is 4.37. The molecule has 0 spiro atoms. The summed E-state index contributed by atoms with van der Waals surface area (Å²) in [6.07, 6.45) is 1.84. The average Bonchev–Trinajstić information content (AvgIpc) is 2.38. The predicted molar refractivity (Wildman–Crippen MR) is 66.7 cm³/mol. The summed E-state index contributed by atoms with van der Waals surface area (Å²) >= 11 is 0. The lowest BCUT2D eigenvalue weighted by Gasteiger charge is -1.98. The maximum absolute atomic E-state index is 5.09. The predicted octanol–water partition coefficient (Wildman–Crippen LogP) is 3.45. The quantitative estimate of drug-likeness (QED) is 0.712. The van der Waals surface area contributed by atoms with Crippen LogP contribution < -0.4 is 4.74 Å². The number of rotatable bonds is 3. The Kier molecular flexibility index (Phi) is 3.34. The Morgan fingerprint density at radius 3 is 2.25 bits per heavy atom. The van der Waals surface area contributed by atoms with Crippen LogP contribution in [0.15, 0.2) is 59.6 Å². The Morgan fingerprint density at radius 1 is 0.938 bits per heavy atom. The number of para-hydroxylation sites is 1. The van der Waals surface area contributed by atoms with Crippen molar-refractivity contribution in [2.45, 2.75) is 0 Å². The number of aliphatic imine (C=N–C) groups is 1. The fourth-order valence-corrected chi connectivity index (χ4v) is 1.35. The smallest absolute Gasteiger partial charge is 0.118 e. The van der Waals surface area contributed by atoms with Gasteiger partial charge in [-0.3, -0.25) is 4.99 Å². The highest BCUT2D eigenvalue weighted by atomic mass is 16.5. The van der Waals surface area contributed by atoms with Crippen molar-refractivity contribution in [3.05, 3.63) is 60.2 Å². The molecule has 0 saturated heterocycles. The Morgan fingerprint density at radius 2 is 1.62 bits per heavy atom. The number of ether oxygens (including phenoxy) is 1. The number of hydrogen-bond acceptors (Lipinski definition) is 2. The molecule has 2 aromatic rings. The van der Waals surface area contributed by atoms with Crippen LogP contribution in [-0.4, -0.2) is 13.3 Å². The molecule has 0 aliphatic carbocycles. The van der Waals surface area contributed by atoms with E-state index in [-0.39, 0.29) is 0 Å². The molecule has 0 bridgehead atoms. The van der Waals surface area contributed by atoms with Gasteiger partial charge in [0.05, 0.1) is 12.8 Å². The summed E-state index contributed by atoms with van der Waals surface area (Å²) in [7, 11) is 1.66. The van der Waals surface area contributed by atoms with Crippen LogP contribution in [0.3, 0.4) is 0 Å². The van der Waals surface area contributed by atoms with Gasteiger partial charge in [-0.15, -0.1) is 0 Å². The molecule has 2 nitrogen and oxygen atoms in total. The molecule has 80 valence electrons. The molecule has 0 radical (unpaired) electrons. The van der Waals surface area contributed by atoms with E-state index in [9.17, 15) is 0 Å². The summed E-state index contributed by atoms with van der Waals surface area (Å²) in [5.41, 5.74) is 2.02. The van der Waals surface area contributed by atoms with Crippen molar-refractivity contribution < 1.29 is 4.74 Å². The third kappa shape index (κ3) is 2.70. The molecule has 0 heterocycles. The standard InChI is InChI=1S/C14H13NO/c1-16-14-9-7-12(8-10-14)11-15-13-5-3-2-4-6-13/h2-11H,1H3. The lowest BCUT2D eigenvalue weighted by Crippen LogP contribution is -1.84. The van der Waals surface area contributed by atoms with Gasteiger partial charge in [0.25, 0.3) is 0 Å². The van der Waals surface area contributed by atoms with Crippen molar-refractivity contribution in [1.29, 1.82) is 0 Å². The first-order chi connectivity index (χ1) is 7.88. The van der Waals surface area contributed by atoms with Gasteiger partial charge in [-0.2, -0.15) is 0 Å². The highest BCUT2D eigenvalue weighted by Gasteiger charge is 1.90. The lowest BCUT2D eigenvalue weighted by molar-refractivity contribution is 0.415. The fourth-order valence-electron chi connectivity index (χ4n) is 1.35. The summed E-state index contributed by atoms with van der Waals surface area (Å²) < 4.78 is 5.09. The summed E-state index contributed by atoms with van der Waals surface area (Å²) in [5.74, 6) is 0.858. The van der Waals surface area contributed by atoms with Gasteiger partial charge in [-0.05, 0) is 42.0 Å². The Balaban J connectivity index is 2.12. The van der Waals surface area contributed by atoms with E-state index in [0.717, 1.165) is 17.0 Å². The molecule has 0 amide bonds. The molecule has 0 aromatic heterocycles. The molecule has 0 saturated carbocycles. The lowest BCUT2D eigenvalue weighted by atomic mass is 10.2. The Bertz CT molecular complexity index is 460. The molecule has 16 heavy (non-hydrogen) atoms. The first kappa shape index (κ1) is 10.4. The summed E-state index contributed by atoms with van der Waals surface area (Å²) in [5, 5.41) is 0. The van der Waals surface area contributed by atoms with Crippen LogP contribution in [0.1, 0.15) is 5.56 Å². The molecule has 0 aliphatic rings. The van der Waals surface area contributed by atoms with E-state index < -0.39 is 0 Å². The van der Waals surface area contributed by atoms with Crippen molar-refractivity contribution in [3.8, 4) is 5.75 Å². The van der Waals surface area contributed by atoms with Crippen LogP contribution in [0.25, 0.3) is 0 Å². The second-order valence-electron chi connectivity index (χ2n) is 3.37. The molecule has 0 aliphatic heterocycles. The van der Waals surface area contributed by atoms with Crippen LogP contribution in [0.5, 0.6) is 5.75 Å². The van der Waals surface area contributed by atoms with Gasteiger partial charge >= 0.3 is 0 Å². The largest absolute Gasteiger partial charge is 0.497 e. The second-order valence-corrected chi connectivity index (χ2v) is 3.37. The molecular weight excluding hydrogens is 198 g/mol. The first-order valence-corrected chi connectivity index (χ1v) is 5.11. The van der Waals surface area contributed by atoms with Gasteiger partial charge in [0.1, 0.15) is 5.75 Å². The van der Waals surface area contributed by atoms with Gasteiger partial charge in [-0.1, -0.05) is 18.2 Å². The maximum atomic E-state index is 5.09. The molecule has 2 rings (SSSR count). The highest BCUT2D eigenvalue weighted by molar-refractivity contribution is 5.82. The SMILES string of the molecule is COc1ccc(C=Nc2ccccc2)cc1. The minimum absolute atomic E-state index is 0.858. The molecule has 0 fully saturated rings. The number of methoxy groups -OCH3 is 1. The normalized spacial score (nSPS) is 10.6. The van der Waals surface area contributed by atoms with Crippen LogP contribution in [0.2, 0.25) is 0 Å². The minimum Gasteiger partial charge on any atom is -0.497 e. The zero-order valence-electron chi connectivity index (χ0n) is 9.13. The van der Waals surface area contributed by atoms with Crippen molar-refractivity contribution >= 4 is 11.9 Å². The van der Waals surface area contributed by atoms with Crippen LogP contribution in [-0.2, 0) is 0 Å². The molecule has 0 unspecified atom stereocenters. The van der Waals surface area contributed by atoms with E-state index in [2.05, 4.69) is 4.99 Å². The zero-order chi connectivity index (χ0) is 11.2. The molecule has 0 N–H and O–H groups in total. The van der Waals surface area contributed by atoms with E-state index in [0.29, 0.717) is 0 Å². The van der Waals surface area contributed by atoms with E-state index in [1.807, 2.05) is 60.8 Å². The van der Waals surface area contributed by atoms with Crippen molar-refractivity contribution in [2.24, 2.45) is 4.99 Å². The summed E-state index contributed by atoms with van der Waals surface area (Å²) in [6, 6.07) is 17.7. The number of nitrogens with zero attached hydrogens (tertiary/aromatic N) is 1. The molecular formula is C14H13NO. The van der Waals surface area contributed by atoms with Crippen molar-refractivity contribution in [2.75, 3.05) is 7.11 Å². The van der Waals surface area contributed by atoms with E-state index in [4.69, 9.17) is 4.74 Å². The van der Waals surface area contributed by atoms with Crippen LogP contribution in [0, 0.1) is 0 Å². The van der Waals surface area contributed by atoms with Crippen molar-refractivity contribution in [3.63, 3.8) is 0 Å². The van der Waals surface area contributed by atoms with Crippen LogP contribution in [0.4, 0.5) is 5.69 Å². The third-order valence-electron chi connectivity index (χ3n) is 2.23. The van der Waals surface area contributed by atoms with Gasteiger partial charge in [0, 0.05) is 6.21 Å². The zero-order valence-corrected chi connectivity index (χ0v) is 9.13. The van der Waals surface area contributed by atoms with Gasteiger partial charge < -0.3 is 4.74 Å². The highest BCUT2D eigenvalue weighted by Crippen LogP contribution is 2.12.